The summed E-state index contributed by atoms with van der Waals surface area (Å²) in [7, 11) is 3.97. The molecule has 4 saturated carbocycles. The molecular formula is C23H36N4O. The van der Waals surface area contributed by atoms with Gasteiger partial charge in [-0.05, 0) is 102 Å². The van der Waals surface area contributed by atoms with Gasteiger partial charge in [0.1, 0.15) is 11.6 Å². The van der Waals surface area contributed by atoms with Gasteiger partial charge in [0.2, 0.25) is 0 Å². The Morgan fingerprint density at radius 1 is 1.18 bits per heavy atom. The van der Waals surface area contributed by atoms with Crippen molar-refractivity contribution in [3.8, 4) is 6.07 Å². The molecule has 0 spiro atoms. The van der Waals surface area contributed by atoms with Gasteiger partial charge in [0.25, 0.3) is 5.91 Å². The van der Waals surface area contributed by atoms with Crippen molar-refractivity contribution in [2.75, 3.05) is 27.2 Å². The van der Waals surface area contributed by atoms with E-state index in [-0.39, 0.29) is 17.5 Å². The molecule has 1 aliphatic heterocycles. The minimum atomic E-state index is -0.137. The molecule has 5 fully saturated rings. The Hall–Kier alpha value is -1.54. The van der Waals surface area contributed by atoms with Crippen molar-refractivity contribution in [1.82, 2.24) is 15.1 Å². The van der Waals surface area contributed by atoms with Gasteiger partial charge in [0.05, 0.1) is 0 Å². The Morgan fingerprint density at radius 3 is 2.21 bits per heavy atom. The lowest BCUT2D eigenvalue weighted by molar-refractivity contribution is -0.128. The number of nitriles is 1. The van der Waals surface area contributed by atoms with Crippen LogP contribution >= 0.6 is 0 Å². The number of likely N-dealkylation sites (tertiary alicyclic amines) is 1. The molecule has 4 bridgehead atoms. The second kappa shape index (κ2) is 7.71. The number of nitrogens with zero attached hydrogens (tertiary/aromatic N) is 3. The van der Waals surface area contributed by atoms with Crippen LogP contribution in [0, 0.1) is 34.5 Å². The molecule has 0 aromatic carbocycles. The first-order chi connectivity index (χ1) is 13.4. The zero-order valence-electron chi connectivity index (χ0n) is 17.8. The van der Waals surface area contributed by atoms with E-state index in [1.807, 2.05) is 7.05 Å². The quantitative estimate of drug-likeness (QED) is 0.584. The fourth-order valence-corrected chi connectivity index (χ4v) is 6.97. The number of nitrogens with one attached hydrogen (secondary N) is 1. The van der Waals surface area contributed by atoms with Gasteiger partial charge >= 0.3 is 0 Å². The minimum Gasteiger partial charge on any atom is -0.387 e. The highest BCUT2D eigenvalue weighted by atomic mass is 16.2. The molecule has 5 rings (SSSR count). The van der Waals surface area contributed by atoms with Crippen molar-refractivity contribution in [3.05, 3.63) is 11.8 Å². The summed E-state index contributed by atoms with van der Waals surface area (Å²) in [4.78, 5) is 17.0. The summed E-state index contributed by atoms with van der Waals surface area (Å²) in [6.07, 6.45) is 12.0. The van der Waals surface area contributed by atoms with Gasteiger partial charge in [-0.15, -0.1) is 0 Å². The van der Waals surface area contributed by atoms with E-state index in [1.54, 1.807) is 11.1 Å². The molecule has 5 nitrogen and oxygen atoms in total. The lowest BCUT2D eigenvalue weighted by atomic mass is 9.48. The van der Waals surface area contributed by atoms with E-state index >= 15 is 0 Å². The van der Waals surface area contributed by atoms with Crippen molar-refractivity contribution in [3.63, 3.8) is 0 Å². The molecule has 154 valence electrons. The van der Waals surface area contributed by atoms with Gasteiger partial charge in [-0.1, -0.05) is 0 Å². The lowest BCUT2D eigenvalue weighted by Crippen LogP contribution is -2.54. The maximum atomic E-state index is 12.9. The Labute approximate surface area is 170 Å². The Morgan fingerprint density at radius 2 is 1.71 bits per heavy atom. The summed E-state index contributed by atoms with van der Waals surface area (Å²) < 4.78 is 0. The van der Waals surface area contributed by atoms with E-state index in [0.29, 0.717) is 11.5 Å². The molecule has 1 amide bonds. The van der Waals surface area contributed by atoms with Crippen LogP contribution in [0.15, 0.2) is 11.8 Å². The highest BCUT2D eigenvalue weighted by Crippen LogP contribution is 2.61. The highest BCUT2D eigenvalue weighted by molar-refractivity contribution is 5.97. The molecule has 5 aliphatic rings. The van der Waals surface area contributed by atoms with Crippen LogP contribution < -0.4 is 5.32 Å². The molecule has 5 heteroatoms. The SMILES string of the molecule is CC(N/C=C(/C#N)C(=O)N(C)C1CCN(C)CC1)C12CC3CC(CC(C3)C1)C2. The van der Waals surface area contributed by atoms with Gasteiger partial charge in [-0.3, -0.25) is 4.79 Å². The second-order valence-electron chi connectivity index (χ2n) is 10.3. The summed E-state index contributed by atoms with van der Waals surface area (Å²) in [5.74, 6) is 2.59. The third kappa shape index (κ3) is 3.68. The molecule has 1 heterocycles. The number of hydrogen-bond acceptors (Lipinski definition) is 4. The number of carbonyl (C=O) groups is 1. The molecule has 4 aliphatic carbocycles. The molecule has 0 aromatic rings. The number of piperidine rings is 1. The number of amides is 1. The molecule has 1 unspecified atom stereocenters. The topological polar surface area (TPSA) is 59.4 Å². The first-order valence-electron chi connectivity index (χ1n) is 11.2. The number of rotatable bonds is 5. The monoisotopic (exact) mass is 384 g/mol. The fraction of sp³-hybridized carbons (Fsp3) is 0.826. The van der Waals surface area contributed by atoms with Gasteiger partial charge in [-0.2, -0.15) is 5.26 Å². The molecule has 28 heavy (non-hydrogen) atoms. The van der Waals surface area contributed by atoms with Crippen molar-refractivity contribution < 1.29 is 4.79 Å². The minimum absolute atomic E-state index is 0.137. The van der Waals surface area contributed by atoms with E-state index in [1.165, 1.54) is 38.5 Å². The molecular weight excluding hydrogens is 348 g/mol. The van der Waals surface area contributed by atoms with Crippen molar-refractivity contribution in [1.29, 1.82) is 5.26 Å². The van der Waals surface area contributed by atoms with Gasteiger partial charge in [0, 0.05) is 25.3 Å². The standard InChI is InChI=1S/C23H36N4O/c1-16(23-11-17-8-18(12-23)10-19(9-17)13-23)25-15-20(14-24)22(28)27(3)21-4-6-26(2)7-5-21/h15-19,21,25H,4-13H2,1-3H3/b20-15-. The van der Waals surface area contributed by atoms with E-state index in [4.69, 9.17) is 0 Å². The first-order valence-corrected chi connectivity index (χ1v) is 11.2. The number of likely N-dealkylation sites (N-methyl/N-ethyl adjacent to an activating group) is 1. The van der Waals surface area contributed by atoms with E-state index in [0.717, 1.165) is 43.7 Å². The zero-order chi connectivity index (χ0) is 19.9. The smallest absolute Gasteiger partial charge is 0.265 e. The highest BCUT2D eigenvalue weighted by Gasteiger charge is 2.53. The third-order valence-corrected chi connectivity index (χ3v) is 8.39. The van der Waals surface area contributed by atoms with E-state index in [9.17, 15) is 10.1 Å². The van der Waals surface area contributed by atoms with Gasteiger partial charge in [-0.25, -0.2) is 0 Å². The molecule has 0 radical (unpaired) electrons. The normalized spacial score (nSPS) is 36.8. The zero-order valence-corrected chi connectivity index (χ0v) is 17.8. The van der Waals surface area contributed by atoms with Crippen molar-refractivity contribution >= 4 is 5.91 Å². The molecule has 1 N–H and O–H groups in total. The van der Waals surface area contributed by atoms with Crippen LogP contribution in [0.5, 0.6) is 0 Å². The van der Waals surface area contributed by atoms with Crippen molar-refractivity contribution in [2.24, 2.45) is 23.2 Å². The maximum absolute atomic E-state index is 12.9. The molecule has 1 saturated heterocycles. The van der Waals surface area contributed by atoms with Crippen LogP contribution in [0.4, 0.5) is 0 Å². The number of carbonyl (C=O) groups excluding carboxylic acids is 1. The van der Waals surface area contributed by atoms with E-state index < -0.39 is 0 Å². The summed E-state index contributed by atoms with van der Waals surface area (Å²) in [6.45, 7) is 4.29. The third-order valence-electron chi connectivity index (χ3n) is 8.39. The predicted octanol–water partition coefficient (Wildman–Crippen LogP) is 3.14. The van der Waals surface area contributed by atoms with Crippen LogP contribution in [0.3, 0.4) is 0 Å². The van der Waals surface area contributed by atoms with Gasteiger partial charge in [0.15, 0.2) is 0 Å². The summed E-state index contributed by atoms with van der Waals surface area (Å²) in [5.41, 5.74) is 0.618. The average molecular weight is 385 g/mol. The maximum Gasteiger partial charge on any atom is 0.265 e. The van der Waals surface area contributed by atoms with Crippen LogP contribution in [0.25, 0.3) is 0 Å². The Bertz CT molecular complexity index is 635. The Balaban J connectivity index is 1.39. The second-order valence-corrected chi connectivity index (χ2v) is 10.3. The van der Waals surface area contributed by atoms with Crippen LogP contribution in [-0.2, 0) is 4.79 Å². The van der Waals surface area contributed by atoms with Crippen LogP contribution in [0.1, 0.15) is 58.3 Å². The van der Waals surface area contributed by atoms with Crippen molar-refractivity contribution in [2.45, 2.75) is 70.4 Å². The average Bonchev–Trinajstić information content (AvgIpc) is 2.67. The number of hydrogen-bond donors (Lipinski definition) is 1. The molecule has 1 atom stereocenters. The first kappa shape index (κ1) is 19.8. The predicted molar refractivity (Wildman–Crippen MR) is 110 cm³/mol. The summed E-state index contributed by atoms with van der Waals surface area (Å²) in [5, 5.41) is 13.1. The summed E-state index contributed by atoms with van der Waals surface area (Å²) in [6, 6.07) is 2.72. The Kier molecular flexibility index (Phi) is 5.44. The van der Waals surface area contributed by atoms with Gasteiger partial charge < -0.3 is 15.1 Å². The molecule has 0 aromatic heterocycles. The van der Waals surface area contributed by atoms with Crippen LogP contribution in [0.2, 0.25) is 0 Å². The fourth-order valence-electron chi connectivity index (χ4n) is 6.97. The van der Waals surface area contributed by atoms with E-state index in [2.05, 4.69) is 30.3 Å². The lowest BCUT2D eigenvalue weighted by Gasteiger charge is -2.59. The largest absolute Gasteiger partial charge is 0.387 e. The van der Waals surface area contributed by atoms with Crippen LogP contribution in [-0.4, -0.2) is 55.0 Å². The summed E-state index contributed by atoms with van der Waals surface area (Å²) >= 11 is 0.